The number of rotatable bonds is 8. The number of aromatic amines is 2. The van der Waals surface area contributed by atoms with Gasteiger partial charge in [-0.3, -0.25) is 0 Å². The van der Waals surface area contributed by atoms with Crippen molar-refractivity contribution in [1.29, 1.82) is 0 Å². The Hall–Kier alpha value is -4.64. The normalized spacial score (nSPS) is 13.9. The highest BCUT2D eigenvalue weighted by molar-refractivity contribution is 7.86. The molecule has 3 aromatic heterocycles. The third-order valence-electron chi connectivity index (χ3n) is 8.07. The van der Waals surface area contributed by atoms with Gasteiger partial charge in [0.1, 0.15) is 20.2 Å². The first-order valence-electron chi connectivity index (χ1n) is 13.8. The molecule has 46 heavy (non-hydrogen) atoms. The smallest absolute Gasteiger partial charge is 0.126 e. The van der Waals surface area contributed by atoms with Crippen LogP contribution in [0.15, 0.2) is 34.1 Å². The lowest BCUT2D eigenvalue weighted by Crippen LogP contribution is -2.21. The van der Waals surface area contributed by atoms with Crippen LogP contribution in [0.3, 0.4) is 0 Å². The van der Waals surface area contributed by atoms with Gasteiger partial charge in [-0.2, -0.15) is 0 Å². The van der Waals surface area contributed by atoms with Crippen molar-refractivity contribution in [3.63, 3.8) is 0 Å². The summed E-state index contributed by atoms with van der Waals surface area (Å²) < 4.78 is 74.5. The highest BCUT2D eigenvalue weighted by Gasteiger charge is 2.23. The average Bonchev–Trinajstić information content (AvgIpc) is 3.59. The fraction of sp³-hybridized carbons (Fsp3) is 0.267. The van der Waals surface area contributed by atoms with Crippen molar-refractivity contribution in [3.8, 4) is 0 Å². The number of hydrogen-bond acceptors (Lipinski definition) is 12. The van der Waals surface area contributed by atoms with Crippen molar-refractivity contribution < 1.29 is 45.7 Å². The van der Waals surface area contributed by atoms with E-state index < -0.39 is 42.0 Å². The first-order chi connectivity index (χ1) is 21.4. The van der Waals surface area contributed by atoms with E-state index >= 15 is 0 Å². The molecule has 0 aromatic carbocycles. The minimum atomic E-state index is -5.11. The SMILES string of the molecule is CC1=C(CCC(=O)[O-])c2cc3nc(cc4[nH]c(cc5[nH]c(cc1n2)c(C)c5S(=O)(=O)[O-])c(C)c4S(=O)(=O)[O-])C(C)=C3CCC(=O)[O-]. The van der Waals surface area contributed by atoms with Crippen molar-refractivity contribution in [1.82, 2.24) is 19.9 Å². The molecule has 0 aliphatic carbocycles. The third-order valence-corrected chi connectivity index (χ3v) is 10.1. The third kappa shape index (κ3) is 6.11. The molecule has 16 heteroatoms. The Kier molecular flexibility index (Phi) is 8.27. The van der Waals surface area contributed by atoms with E-state index in [0.29, 0.717) is 33.7 Å². The largest absolute Gasteiger partial charge is 0.744 e. The zero-order valence-corrected chi connectivity index (χ0v) is 26.6. The summed E-state index contributed by atoms with van der Waals surface area (Å²) in [5.41, 5.74) is 2.95. The molecule has 242 valence electrons. The van der Waals surface area contributed by atoms with E-state index in [-0.39, 0.29) is 70.3 Å². The van der Waals surface area contributed by atoms with E-state index in [1.165, 1.54) is 32.0 Å². The lowest BCUT2D eigenvalue weighted by atomic mass is 9.98. The zero-order valence-electron chi connectivity index (χ0n) is 24.9. The molecule has 0 radical (unpaired) electrons. The summed E-state index contributed by atoms with van der Waals surface area (Å²) in [5.74, 6) is -2.62. The molecule has 3 aromatic rings. The van der Waals surface area contributed by atoms with Crippen molar-refractivity contribution in [2.45, 2.75) is 63.2 Å². The second-order valence-corrected chi connectivity index (χ2v) is 13.6. The van der Waals surface area contributed by atoms with Crippen molar-refractivity contribution >= 4 is 76.5 Å². The molecule has 0 spiro atoms. The van der Waals surface area contributed by atoms with Crippen LogP contribution < -0.4 is 10.2 Å². The Morgan fingerprint density at radius 2 is 0.978 bits per heavy atom. The van der Waals surface area contributed by atoms with E-state index in [0.717, 1.165) is 0 Å². The van der Waals surface area contributed by atoms with Crippen LogP contribution in [0.25, 0.3) is 44.4 Å². The van der Waals surface area contributed by atoms with Gasteiger partial charge in [0.15, 0.2) is 0 Å². The number of allylic oxidation sites excluding steroid dienone is 4. The Morgan fingerprint density at radius 1 is 0.609 bits per heavy atom. The molecule has 0 fully saturated rings. The van der Waals surface area contributed by atoms with Crippen molar-refractivity contribution in [2.24, 2.45) is 0 Å². The summed E-state index contributed by atoms with van der Waals surface area (Å²) in [6.07, 6.45) is -0.723. The summed E-state index contributed by atoms with van der Waals surface area (Å²) in [7, 11) is -10.2. The molecule has 0 saturated carbocycles. The lowest BCUT2D eigenvalue weighted by Gasteiger charge is -2.08. The second-order valence-electron chi connectivity index (χ2n) is 11.0. The summed E-state index contributed by atoms with van der Waals surface area (Å²) in [4.78, 5) is 36.5. The van der Waals surface area contributed by atoms with Crippen LogP contribution in [0.1, 0.15) is 73.4 Å². The summed E-state index contributed by atoms with van der Waals surface area (Å²) in [6, 6.07) is 5.54. The van der Waals surface area contributed by atoms with Crippen LogP contribution in [0.4, 0.5) is 0 Å². The topological polar surface area (TPSA) is 252 Å². The van der Waals surface area contributed by atoms with Crippen LogP contribution in [-0.4, -0.2) is 57.8 Å². The van der Waals surface area contributed by atoms with Gasteiger partial charge in [0.05, 0.1) is 43.6 Å². The van der Waals surface area contributed by atoms with Gasteiger partial charge in [-0.15, -0.1) is 0 Å². The Morgan fingerprint density at radius 3 is 1.37 bits per heavy atom. The number of carbonyl (C=O) groups excluding carboxylic acids is 2. The molecule has 0 atom stereocenters. The molecule has 5 rings (SSSR count). The van der Waals surface area contributed by atoms with Gasteiger partial charge in [-0.05, 0) is 111 Å². The molecule has 14 nitrogen and oxygen atoms in total. The van der Waals surface area contributed by atoms with Gasteiger partial charge >= 0.3 is 0 Å². The molecule has 0 saturated heterocycles. The van der Waals surface area contributed by atoms with Crippen LogP contribution in [-0.2, 0) is 29.8 Å². The minimum Gasteiger partial charge on any atom is -0.744 e. The first kappa shape index (κ1) is 32.7. The second kappa shape index (κ2) is 11.6. The maximum Gasteiger partial charge on any atom is 0.126 e. The number of nitrogens with one attached hydrogen (secondary N) is 2. The Labute approximate surface area is 263 Å². The number of carboxylic acids is 2. The van der Waals surface area contributed by atoms with Gasteiger partial charge in [0, 0.05) is 23.0 Å². The summed E-state index contributed by atoms with van der Waals surface area (Å²) >= 11 is 0. The molecule has 5 heterocycles. The van der Waals surface area contributed by atoms with Gasteiger partial charge < -0.3 is 38.9 Å². The lowest BCUT2D eigenvalue weighted by molar-refractivity contribution is -0.306. The molecule has 2 aliphatic rings. The molecule has 2 aliphatic heterocycles. The number of fused-ring (bicyclic) bond motifs is 8. The summed E-state index contributed by atoms with van der Waals surface area (Å²) in [5, 5.41) is 22.7. The molecule has 2 N–H and O–H groups in total. The van der Waals surface area contributed by atoms with E-state index in [9.17, 15) is 45.7 Å². The predicted octanol–water partition coefficient (Wildman–Crippen LogP) is 1.66. The van der Waals surface area contributed by atoms with Crippen LogP contribution >= 0.6 is 0 Å². The quantitative estimate of drug-likeness (QED) is 0.326. The van der Waals surface area contributed by atoms with Crippen LogP contribution in [0, 0.1) is 13.8 Å². The average molecular weight is 667 g/mol. The Bertz CT molecular complexity index is 2310. The van der Waals surface area contributed by atoms with E-state index in [1.54, 1.807) is 19.9 Å². The first-order valence-corrected chi connectivity index (χ1v) is 16.7. The number of aromatic nitrogens is 4. The fourth-order valence-electron chi connectivity index (χ4n) is 5.78. The molecular weight excluding hydrogens is 640 g/mol. The van der Waals surface area contributed by atoms with Gasteiger partial charge in [0.2, 0.25) is 0 Å². The number of carbonyl (C=O) groups is 2. The number of aryl methyl sites for hydroxylation is 2. The van der Waals surface area contributed by atoms with Crippen molar-refractivity contribution in [3.05, 3.63) is 58.2 Å². The van der Waals surface area contributed by atoms with Crippen molar-refractivity contribution in [2.75, 3.05) is 0 Å². The zero-order chi connectivity index (χ0) is 33.9. The number of carboxylic acid groups (broad SMARTS) is 2. The molecular formula is C30H26N4O10S2-4. The highest BCUT2D eigenvalue weighted by atomic mass is 32.2. The van der Waals surface area contributed by atoms with E-state index in [4.69, 9.17) is 0 Å². The Balaban J connectivity index is 2.01. The summed E-state index contributed by atoms with van der Waals surface area (Å²) in [6.45, 7) is 6.07. The van der Waals surface area contributed by atoms with E-state index in [1.807, 2.05) is 0 Å². The minimum absolute atomic E-state index is 0.00573. The highest BCUT2D eigenvalue weighted by Crippen LogP contribution is 2.38. The van der Waals surface area contributed by atoms with Crippen LogP contribution in [0.5, 0.6) is 0 Å². The monoisotopic (exact) mass is 666 g/mol. The molecule has 0 amide bonds. The predicted molar refractivity (Wildman–Crippen MR) is 160 cm³/mol. The number of aliphatic carboxylic acids is 2. The maximum atomic E-state index is 12.4. The molecule has 0 unspecified atom stereocenters. The van der Waals surface area contributed by atoms with E-state index in [2.05, 4.69) is 19.9 Å². The number of hydrogen-bond donors (Lipinski definition) is 2. The molecule has 8 bridgehead atoms. The fourth-order valence-corrected chi connectivity index (χ4v) is 7.51. The van der Waals surface area contributed by atoms with Gasteiger partial charge in [0.25, 0.3) is 0 Å². The maximum absolute atomic E-state index is 12.4. The standard InChI is InChI=1S/C30H30N4O10S2/c1-13-17(5-7-27(35)36)23-12-24-18(6-8-28(37)38)14(2)20(32-24)10-25-30(46(42,43)44)16(4)22(34-25)11-26-29(45(39,40)41)15(3)21(33-26)9-19(13)31-23/h9-12,33-34H,5-8H2,1-4H3,(H,35,36)(H,37,38)(H,39,40,41)(H,42,43,44)/p-4. The van der Waals surface area contributed by atoms with Gasteiger partial charge in [-0.1, -0.05) is 0 Å². The van der Waals surface area contributed by atoms with Gasteiger partial charge in [-0.25, -0.2) is 26.8 Å². The van der Waals surface area contributed by atoms with Crippen LogP contribution in [0.2, 0.25) is 0 Å². The number of H-pyrrole nitrogens is 2. The number of nitrogens with zero attached hydrogens (tertiary/aromatic N) is 2.